The molecular weight excluding hydrogens is 396 g/mol. The Morgan fingerprint density at radius 1 is 1.08 bits per heavy atom. The molecule has 0 bridgehead atoms. The number of halogens is 1. The topological polar surface area (TPSA) is 49.8 Å². The Bertz CT molecular complexity index is 1080. The minimum atomic E-state index is 0.498. The summed E-state index contributed by atoms with van der Waals surface area (Å²) in [5, 5.41) is 10.2. The van der Waals surface area contributed by atoms with Crippen LogP contribution in [0.15, 0.2) is 69.6 Å². The van der Waals surface area contributed by atoms with Gasteiger partial charge in [-0.25, -0.2) is 4.98 Å². The average Bonchev–Trinajstić information content (AvgIpc) is 3.27. The predicted molar refractivity (Wildman–Crippen MR) is 105 cm³/mol. The van der Waals surface area contributed by atoms with Gasteiger partial charge in [-0.2, -0.15) is 5.26 Å². The van der Waals surface area contributed by atoms with Gasteiger partial charge < -0.3 is 4.42 Å². The lowest BCUT2D eigenvalue weighted by molar-refractivity contribution is 0.572. The van der Waals surface area contributed by atoms with Crippen molar-refractivity contribution in [1.82, 2.24) is 4.98 Å². The van der Waals surface area contributed by atoms with Crippen LogP contribution in [0.25, 0.3) is 33.2 Å². The molecule has 0 saturated carbocycles. The van der Waals surface area contributed by atoms with Gasteiger partial charge in [0.05, 0.1) is 15.8 Å². The summed E-state index contributed by atoms with van der Waals surface area (Å²) in [5.74, 6) is 1.40. The molecule has 0 N–H and O–H groups in total. The Balaban J connectivity index is 1.69. The van der Waals surface area contributed by atoms with Crippen LogP contribution >= 0.6 is 27.3 Å². The lowest BCUT2D eigenvalue weighted by atomic mass is 10.2. The molecule has 0 atom stereocenters. The number of allylic oxidation sites excluding steroid dienone is 1. The first-order valence-electron chi connectivity index (χ1n) is 7.56. The van der Waals surface area contributed by atoms with E-state index >= 15 is 0 Å². The standard InChI is InChI=1S/C20H11BrN2OS/c21-15-7-5-13(6-8-15)18-10-9-16(24-18)11-14(12-22)20-23-17-3-1-2-4-19(17)25-20/h1-11H. The van der Waals surface area contributed by atoms with Gasteiger partial charge in [0, 0.05) is 16.1 Å². The summed E-state index contributed by atoms with van der Waals surface area (Å²) in [6.07, 6.45) is 1.74. The molecule has 2 heterocycles. The van der Waals surface area contributed by atoms with Crippen molar-refractivity contribution in [3.63, 3.8) is 0 Å². The van der Waals surface area contributed by atoms with E-state index < -0.39 is 0 Å². The van der Waals surface area contributed by atoms with Crippen LogP contribution in [-0.2, 0) is 0 Å². The maximum atomic E-state index is 9.52. The highest BCUT2D eigenvalue weighted by Gasteiger charge is 2.10. The van der Waals surface area contributed by atoms with Gasteiger partial charge in [-0.15, -0.1) is 11.3 Å². The number of hydrogen-bond donors (Lipinski definition) is 0. The molecule has 120 valence electrons. The van der Waals surface area contributed by atoms with Gasteiger partial charge in [0.25, 0.3) is 0 Å². The average molecular weight is 407 g/mol. The third kappa shape index (κ3) is 3.27. The molecule has 4 aromatic rings. The van der Waals surface area contributed by atoms with Crippen LogP contribution < -0.4 is 0 Å². The number of nitrogens with zero attached hydrogens (tertiary/aromatic N) is 2. The molecule has 4 rings (SSSR count). The summed E-state index contributed by atoms with van der Waals surface area (Å²) in [6, 6.07) is 21.8. The van der Waals surface area contributed by atoms with Crippen molar-refractivity contribution >= 4 is 49.1 Å². The van der Waals surface area contributed by atoms with E-state index in [0.29, 0.717) is 16.3 Å². The molecule has 0 fully saturated rings. The number of rotatable bonds is 3. The van der Waals surface area contributed by atoms with Gasteiger partial charge in [0.1, 0.15) is 22.6 Å². The fourth-order valence-corrected chi connectivity index (χ4v) is 3.67. The first kappa shape index (κ1) is 15.8. The van der Waals surface area contributed by atoms with Crippen molar-refractivity contribution in [2.24, 2.45) is 0 Å². The van der Waals surface area contributed by atoms with Crippen LogP contribution in [0.5, 0.6) is 0 Å². The summed E-state index contributed by atoms with van der Waals surface area (Å²) >= 11 is 4.93. The molecule has 3 nitrogen and oxygen atoms in total. The first-order chi connectivity index (χ1) is 12.2. The van der Waals surface area contributed by atoms with Crippen LogP contribution in [0.2, 0.25) is 0 Å². The minimum Gasteiger partial charge on any atom is -0.457 e. The summed E-state index contributed by atoms with van der Waals surface area (Å²) in [4.78, 5) is 4.54. The number of benzene rings is 2. The number of furan rings is 1. The summed E-state index contributed by atoms with van der Waals surface area (Å²) in [7, 11) is 0. The molecule has 0 aliphatic rings. The van der Waals surface area contributed by atoms with Gasteiger partial charge in [-0.05, 0) is 36.4 Å². The molecule has 0 aliphatic carbocycles. The second-order valence-electron chi connectivity index (χ2n) is 5.37. The fourth-order valence-electron chi connectivity index (χ4n) is 2.47. The molecule has 0 aliphatic heterocycles. The third-order valence-corrected chi connectivity index (χ3v) is 5.29. The minimum absolute atomic E-state index is 0.498. The third-order valence-electron chi connectivity index (χ3n) is 3.69. The second kappa shape index (κ2) is 6.67. The highest BCUT2D eigenvalue weighted by molar-refractivity contribution is 9.10. The largest absolute Gasteiger partial charge is 0.457 e. The molecule has 0 unspecified atom stereocenters. The SMILES string of the molecule is N#CC(=Cc1ccc(-c2ccc(Br)cc2)o1)c1nc2ccccc2s1. The van der Waals surface area contributed by atoms with Crippen molar-refractivity contribution in [1.29, 1.82) is 5.26 Å². The highest BCUT2D eigenvalue weighted by Crippen LogP contribution is 2.30. The molecule has 0 spiro atoms. The van der Waals surface area contributed by atoms with Gasteiger partial charge in [0.2, 0.25) is 0 Å². The lowest BCUT2D eigenvalue weighted by Crippen LogP contribution is -1.79. The summed E-state index contributed by atoms with van der Waals surface area (Å²) < 4.78 is 7.95. The van der Waals surface area contributed by atoms with E-state index in [0.717, 1.165) is 26.0 Å². The van der Waals surface area contributed by atoms with E-state index in [1.54, 1.807) is 6.08 Å². The van der Waals surface area contributed by atoms with Crippen molar-refractivity contribution in [2.75, 3.05) is 0 Å². The summed E-state index contributed by atoms with van der Waals surface area (Å²) in [6.45, 7) is 0. The summed E-state index contributed by atoms with van der Waals surface area (Å²) in [5.41, 5.74) is 2.39. The van der Waals surface area contributed by atoms with Crippen LogP contribution in [0.1, 0.15) is 10.8 Å². The number of fused-ring (bicyclic) bond motifs is 1. The van der Waals surface area contributed by atoms with Crippen molar-refractivity contribution < 1.29 is 4.42 Å². The monoisotopic (exact) mass is 406 g/mol. The van der Waals surface area contributed by atoms with Crippen molar-refractivity contribution in [2.45, 2.75) is 0 Å². The molecule has 0 radical (unpaired) electrons. The van der Waals surface area contributed by atoms with Crippen molar-refractivity contribution in [3.05, 3.63) is 75.9 Å². The van der Waals surface area contributed by atoms with Crippen LogP contribution in [0, 0.1) is 11.3 Å². The zero-order valence-electron chi connectivity index (χ0n) is 12.9. The predicted octanol–water partition coefficient (Wildman–Crippen LogP) is 6.38. The zero-order chi connectivity index (χ0) is 17.2. The maximum absolute atomic E-state index is 9.52. The second-order valence-corrected chi connectivity index (χ2v) is 7.31. The van der Waals surface area contributed by atoms with E-state index in [2.05, 4.69) is 27.0 Å². The number of nitriles is 1. The van der Waals surface area contributed by atoms with E-state index in [1.165, 1.54) is 11.3 Å². The van der Waals surface area contributed by atoms with E-state index in [9.17, 15) is 5.26 Å². The van der Waals surface area contributed by atoms with Gasteiger partial charge in [0.15, 0.2) is 0 Å². The fraction of sp³-hybridized carbons (Fsp3) is 0. The van der Waals surface area contributed by atoms with E-state index in [-0.39, 0.29) is 0 Å². The Labute approximate surface area is 157 Å². The molecule has 2 aromatic carbocycles. The quantitative estimate of drug-likeness (QED) is 0.370. The Morgan fingerprint density at radius 2 is 1.88 bits per heavy atom. The lowest BCUT2D eigenvalue weighted by Gasteiger charge is -1.97. The number of para-hydroxylation sites is 1. The highest BCUT2D eigenvalue weighted by atomic mass is 79.9. The number of thiazole rings is 1. The van der Waals surface area contributed by atoms with Crippen LogP contribution in [0.4, 0.5) is 0 Å². The first-order valence-corrected chi connectivity index (χ1v) is 9.17. The molecule has 0 amide bonds. The van der Waals surface area contributed by atoms with Gasteiger partial charge in [-0.1, -0.05) is 40.2 Å². The molecule has 5 heteroatoms. The van der Waals surface area contributed by atoms with Gasteiger partial charge in [-0.3, -0.25) is 0 Å². The molecular formula is C20H11BrN2OS. The Kier molecular flexibility index (Phi) is 4.22. The van der Waals surface area contributed by atoms with Crippen molar-refractivity contribution in [3.8, 4) is 17.4 Å². The number of aromatic nitrogens is 1. The zero-order valence-corrected chi connectivity index (χ0v) is 15.3. The Hall–Kier alpha value is -2.68. The molecule has 0 saturated heterocycles. The molecule has 25 heavy (non-hydrogen) atoms. The molecule has 2 aromatic heterocycles. The van der Waals surface area contributed by atoms with E-state index in [1.807, 2.05) is 60.7 Å². The van der Waals surface area contributed by atoms with Crippen LogP contribution in [-0.4, -0.2) is 4.98 Å². The maximum Gasteiger partial charge on any atom is 0.135 e. The van der Waals surface area contributed by atoms with Crippen LogP contribution in [0.3, 0.4) is 0 Å². The van der Waals surface area contributed by atoms with E-state index in [4.69, 9.17) is 4.42 Å². The van der Waals surface area contributed by atoms with Gasteiger partial charge >= 0.3 is 0 Å². The number of hydrogen-bond acceptors (Lipinski definition) is 4. The normalized spacial score (nSPS) is 11.6. The smallest absolute Gasteiger partial charge is 0.135 e. The Morgan fingerprint density at radius 3 is 2.64 bits per heavy atom.